The molecule has 0 bridgehead atoms. The largest absolute Gasteiger partial charge is 0.636 e. The highest BCUT2D eigenvalue weighted by Crippen LogP contribution is 2.37. The van der Waals surface area contributed by atoms with E-state index in [0.717, 1.165) is 33.6 Å². The van der Waals surface area contributed by atoms with Gasteiger partial charge in [-0.15, -0.1) is 0 Å². The number of nitrogens with zero attached hydrogens (tertiary/aromatic N) is 1. The third-order valence-electron chi connectivity index (χ3n) is 8.66. The van der Waals surface area contributed by atoms with Crippen LogP contribution >= 0.6 is 0 Å². The third kappa shape index (κ3) is 8.77. The highest BCUT2D eigenvalue weighted by atomic mass is 28.4. The minimum absolute atomic E-state index is 0.0230. The van der Waals surface area contributed by atoms with E-state index in [1.807, 2.05) is 0 Å². The first kappa shape index (κ1) is 34.3. The predicted octanol–water partition coefficient (Wildman–Crippen LogP) is 5.99. The van der Waals surface area contributed by atoms with Crippen LogP contribution in [0.3, 0.4) is 0 Å². The Morgan fingerprint density at radius 3 is 2.02 bits per heavy atom. The van der Waals surface area contributed by atoms with Gasteiger partial charge in [0, 0.05) is 5.46 Å². The fourth-order valence-corrected chi connectivity index (χ4v) is 6.09. The molecule has 1 aliphatic rings. The van der Waals surface area contributed by atoms with Gasteiger partial charge in [0.1, 0.15) is 24.7 Å². The number of hydrogen-bond donors (Lipinski definition) is 0. The molecule has 0 unspecified atom stereocenters. The molecule has 3 aromatic carbocycles. The van der Waals surface area contributed by atoms with Gasteiger partial charge in [0.05, 0.1) is 19.7 Å². The average molecular weight is 632 g/mol. The second-order valence-corrected chi connectivity index (χ2v) is 18.1. The first-order valence-corrected chi connectivity index (χ1v) is 18.3. The van der Waals surface area contributed by atoms with Gasteiger partial charge in [-0.05, 0) is 104 Å². The minimum atomic E-state index is -1.80. The Hall–Kier alpha value is -3.60. The fourth-order valence-electron chi connectivity index (χ4n) is 5.07. The Kier molecular flexibility index (Phi) is 10.8. The van der Waals surface area contributed by atoms with E-state index < -0.39 is 27.4 Å². The maximum atomic E-state index is 12.1. The van der Waals surface area contributed by atoms with E-state index >= 15 is 0 Å². The van der Waals surface area contributed by atoms with Crippen LogP contribution in [0.5, 0.6) is 11.5 Å². The summed E-state index contributed by atoms with van der Waals surface area (Å²) in [4.78, 5) is 25.8. The Balaban J connectivity index is 1.40. The summed E-state index contributed by atoms with van der Waals surface area (Å²) >= 11 is 0. The van der Waals surface area contributed by atoms with Crippen molar-refractivity contribution in [3.63, 3.8) is 0 Å². The zero-order valence-electron chi connectivity index (χ0n) is 28.1. The maximum Gasteiger partial charge on any atom is 0.636 e. The number of aryl methyl sites for hydroxylation is 2. The smallest absolute Gasteiger partial charge is 0.494 e. The molecular formula is C35H46BNO7Si. The summed E-state index contributed by atoms with van der Waals surface area (Å²) < 4.78 is 29.2. The molecule has 0 aromatic heterocycles. The monoisotopic (exact) mass is 631 g/mol. The highest BCUT2D eigenvalue weighted by Gasteiger charge is 2.37. The zero-order chi connectivity index (χ0) is 32.9. The molecule has 4 rings (SSSR count). The van der Waals surface area contributed by atoms with Crippen molar-refractivity contribution in [3.8, 4) is 22.6 Å². The predicted molar refractivity (Wildman–Crippen MR) is 181 cm³/mol. The lowest BCUT2D eigenvalue weighted by Crippen LogP contribution is -2.47. The van der Waals surface area contributed by atoms with Crippen molar-refractivity contribution in [2.75, 3.05) is 33.4 Å². The molecule has 0 saturated carbocycles. The number of carbonyl (C=O) groups is 2. The van der Waals surface area contributed by atoms with E-state index in [2.05, 4.69) is 85.0 Å². The molecule has 1 aliphatic heterocycles. The van der Waals surface area contributed by atoms with Gasteiger partial charge in [0.25, 0.3) is 0 Å². The number of hydrogen-bond acceptors (Lipinski definition) is 8. The summed E-state index contributed by atoms with van der Waals surface area (Å²) in [7, 11) is -1.22. The molecule has 1 fully saturated rings. The molecule has 0 amide bonds. The summed E-state index contributed by atoms with van der Waals surface area (Å²) in [5, 5.41) is 0.172. The maximum absolute atomic E-state index is 12.1. The normalized spacial score (nSPS) is 14.8. The topological polar surface area (TPSA) is 83.5 Å². The van der Waals surface area contributed by atoms with Crippen LogP contribution in [0.25, 0.3) is 11.1 Å². The van der Waals surface area contributed by atoms with Gasteiger partial charge >= 0.3 is 19.1 Å². The first-order chi connectivity index (χ1) is 21.1. The molecule has 0 aliphatic carbocycles. The van der Waals surface area contributed by atoms with Crippen LogP contribution in [0.2, 0.25) is 18.1 Å². The molecule has 240 valence electrons. The van der Waals surface area contributed by atoms with E-state index in [1.165, 1.54) is 5.56 Å². The lowest BCUT2D eigenvalue weighted by molar-refractivity contribution is -0.145. The number of carbonyl (C=O) groups excluding carboxylic acids is 2. The molecule has 10 heteroatoms. The number of benzene rings is 3. The number of ether oxygens (including phenoxy) is 2. The van der Waals surface area contributed by atoms with E-state index in [1.54, 1.807) is 36.2 Å². The van der Waals surface area contributed by atoms with Crippen molar-refractivity contribution in [2.24, 2.45) is 0 Å². The van der Waals surface area contributed by atoms with Gasteiger partial charge < -0.3 is 23.2 Å². The van der Waals surface area contributed by atoms with Gasteiger partial charge in [-0.2, -0.15) is 0 Å². The Morgan fingerprint density at radius 2 is 1.44 bits per heavy atom. The van der Waals surface area contributed by atoms with Crippen LogP contribution in [0.1, 0.15) is 43.0 Å². The molecule has 0 N–H and O–H groups in total. The average Bonchev–Trinajstić information content (AvgIpc) is 2.93. The van der Waals surface area contributed by atoms with E-state index in [4.69, 9.17) is 23.2 Å². The molecule has 1 saturated heterocycles. The lowest BCUT2D eigenvalue weighted by Gasteiger charge is -2.36. The molecule has 0 atom stereocenters. The van der Waals surface area contributed by atoms with Gasteiger partial charge in [0.2, 0.25) is 0 Å². The van der Waals surface area contributed by atoms with Crippen molar-refractivity contribution >= 4 is 32.8 Å². The third-order valence-corrected chi connectivity index (χ3v) is 13.2. The molecule has 0 radical (unpaired) electrons. The molecule has 3 aromatic rings. The van der Waals surface area contributed by atoms with E-state index in [0.29, 0.717) is 31.0 Å². The van der Waals surface area contributed by atoms with Crippen LogP contribution in [0.15, 0.2) is 54.6 Å². The number of rotatable bonds is 10. The van der Waals surface area contributed by atoms with Crippen molar-refractivity contribution < 1.29 is 32.8 Å². The Labute approximate surface area is 269 Å². The van der Waals surface area contributed by atoms with Crippen molar-refractivity contribution in [3.05, 3.63) is 76.9 Å². The molecular weight excluding hydrogens is 585 g/mol. The second-order valence-electron chi connectivity index (χ2n) is 13.3. The summed E-state index contributed by atoms with van der Waals surface area (Å²) in [6.07, 6.45) is 0. The van der Waals surface area contributed by atoms with Crippen LogP contribution in [-0.4, -0.2) is 65.6 Å². The summed E-state index contributed by atoms with van der Waals surface area (Å²) in [6, 6.07) is 17.5. The first-order valence-electron chi connectivity index (χ1n) is 15.4. The fraction of sp³-hybridized carbons (Fsp3) is 0.429. The van der Waals surface area contributed by atoms with Gasteiger partial charge in [-0.25, -0.2) is 0 Å². The van der Waals surface area contributed by atoms with E-state index in [-0.39, 0.29) is 18.1 Å². The van der Waals surface area contributed by atoms with Gasteiger partial charge in [-0.3, -0.25) is 14.5 Å². The lowest BCUT2D eigenvalue weighted by atomic mass is 9.78. The molecule has 1 heterocycles. The van der Waals surface area contributed by atoms with Gasteiger partial charge in [-0.1, -0.05) is 51.1 Å². The standard InChI is InChI=1S/C35H46BNO7Si/c1-24-19-30(40-17-18-42-45(8,9)35(4,5)6)20-25(2)34(24)31-12-10-11-27(26(31)3)23-41-29-15-13-28(14-16-29)36-43-32(38)21-37(7)22-33(39)44-36/h10-16,19-20H,17-18,21-23H2,1-9H3. The van der Waals surface area contributed by atoms with Crippen LogP contribution in [-0.2, 0) is 29.9 Å². The summed E-state index contributed by atoms with van der Waals surface area (Å²) in [5.74, 6) is 0.595. The van der Waals surface area contributed by atoms with Crippen molar-refractivity contribution in [1.29, 1.82) is 0 Å². The van der Waals surface area contributed by atoms with Gasteiger partial charge in [0.15, 0.2) is 8.32 Å². The van der Waals surface area contributed by atoms with Crippen LogP contribution in [0, 0.1) is 20.8 Å². The minimum Gasteiger partial charge on any atom is -0.494 e. The summed E-state index contributed by atoms with van der Waals surface area (Å²) in [6.45, 7) is 19.1. The Morgan fingerprint density at radius 1 is 0.844 bits per heavy atom. The molecule has 45 heavy (non-hydrogen) atoms. The number of likely N-dealkylation sites (N-methyl/N-ethyl adjacent to an activating group) is 1. The van der Waals surface area contributed by atoms with Crippen molar-refractivity contribution in [2.45, 2.75) is 66.3 Å². The molecule has 0 spiro atoms. The highest BCUT2D eigenvalue weighted by molar-refractivity contribution is 6.74. The second kappa shape index (κ2) is 14.2. The van der Waals surface area contributed by atoms with E-state index in [9.17, 15) is 9.59 Å². The van der Waals surface area contributed by atoms with Crippen molar-refractivity contribution in [1.82, 2.24) is 4.90 Å². The van der Waals surface area contributed by atoms with Crippen LogP contribution < -0.4 is 14.9 Å². The SMILES string of the molecule is Cc1cc(OCCO[Si](C)(C)C(C)(C)C)cc(C)c1-c1cccc(COc2ccc(B3OC(=O)CN(C)CC(=O)O3)cc2)c1C. The molecule has 8 nitrogen and oxygen atoms in total. The summed E-state index contributed by atoms with van der Waals surface area (Å²) in [5.41, 5.74) is 7.43. The van der Waals surface area contributed by atoms with Crippen LogP contribution in [0.4, 0.5) is 0 Å². The zero-order valence-corrected chi connectivity index (χ0v) is 29.1. The Bertz CT molecular complexity index is 1470. The quantitative estimate of drug-likeness (QED) is 0.200.